The number of aromatic nitrogens is 1. The summed E-state index contributed by atoms with van der Waals surface area (Å²) < 4.78 is 5.78. The number of hydrogen-bond acceptors (Lipinski definition) is 4. The molecule has 1 atom stereocenters. The Morgan fingerprint density at radius 2 is 2.00 bits per heavy atom. The van der Waals surface area contributed by atoms with Crippen LogP contribution in [0.3, 0.4) is 0 Å². The van der Waals surface area contributed by atoms with Crippen LogP contribution in [-0.2, 0) is 9.59 Å². The lowest BCUT2D eigenvalue weighted by molar-refractivity contribution is -0.857. The van der Waals surface area contributed by atoms with Crippen molar-refractivity contribution in [3.63, 3.8) is 0 Å². The lowest BCUT2D eigenvalue weighted by Gasteiger charge is -2.24. The first-order valence-electron chi connectivity index (χ1n) is 11.0. The Labute approximate surface area is 189 Å². The first-order valence-corrected chi connectivity index (χ1v) is 11.0. The van der Waals surface area contributed by atoms with Crippen molar-refractivity contribution >= 4 is 17.4 Å². The molecule has 1 aliphatic heterocycles. The lowest BCUT2D eigenvalue weighted by Crippen LogP contribution is -3.06. The Kier molecular flexibility index (Phi) is 7.30. The van der Waals surface area contributed by atoms with E-state index in [1.165, 1.54) is 0 Å². The summed E-state index contributed by atoms with van der Waals surface area (Å²) in [5.74, 6) is -0.312. The highest BCUT2D eigenvalue weighted by molar-refractivity contribution is 6.46. The van der Waals surface area contributed by atoms with Gasteiger partial charge in [-0.3, -0.25) is 9.59 Å². The molecule has 7 heteroatoms. The SMILES string of the molecule is Cc1cc(OCC(C)C)ccc1C(O)=C1C(=O)C(=O)N(CC[NH+](C)C)C1c1ccc[nH+]c1. The number of aryl methyl sites for hydroxylation is 1. The molecule has 0 spiro atoms. The average Bonchev–Trinajstić information content (AvgIpc) is 3.01. The first kappa shape index (κ1) is 23.5. The molecule has 1 aromatic heterocycles. The highest BCUT2D eigenvalue weighted by atomic mass is 16.5. The third-order valence-corrected chi connectivity index (χ3v) is 5.48. The fraction of sp³-hybridized carbons (Fsp3) is 0.400. The van der Waals surface area contributed by atoms with Crippen LogP contribution >= 0.6 is 0 Å². The molecule has 0 saturated carbocycles. The van der Waals surface area contributed by atoms with Crippen LogP contribution in [0.1, 0.15) is 36.6 Å². The molecule has 0 aliphatic carbocycles. The molecule has 1 aliphatic rings. The largest absolute Gasteiger partial charge is 0.507 e. The van der Waals surface area contributed by atoms with Gasteiger partial charge in [0.1, 0.15) is 11.5 Å². The van der Waals surface area contributed by atoms with E-state index in [9.17, 15) is 14.7 Å². The quantitative estimate of drug-likeness (QED) is 0.370. The normalized spacial score (nSPS) is 18.1. The number of quaternary nitrogens is 1. The van der Waals surface area contributed by atoms with Gasteiger partial charge in [0, 0.05) is 17.2 Å². The Hall–Kier alpha value is -3.19. The van der Waals surface area contributed by atoms with Crippen LogP contribution in [0.4, 0.5) is 0 Å². The van der Waals surface area contributed by atoms with Gasteiger partial charge in [-0.15, -0.1) is 0 Å². The molecule has 3 N–H and O–H groups in total. The van der Waals surface area contributed by atoms with E-state index in [4.69, 9.17) is 4.74 Å². The summed E-state index contributed by atoms with van der Waals surface area (Å²) in [7, 11) is 3.99. The summed E-state index contributed by atoms with van der Waals surface area (Å²) in [5.41, 5.74) is 2.15. The Bertz CT molecular complexity index is 1020. The summed E-state index contributed by atoms with van der Waals surface area (Å²) in [6, 6.07) is 8.38. The number of ketones is 1. The van der Waals surface area contributed by atoms with Crippen LogP contribution in [0.2, 0.25) is 0 Å². The second-order valence-corrected chi connectivity index (χ2v) is 8.97. The number of benzene rings is 1. The number of ether oxygens (including phenoxy) is 1. The maximum atomic E-state index is 13.1. The second-order valence-electron chi connectivity index (χ2n) is 8.97. The van der Waals surface area contributed by atoms with Crippen molar-refractivity contribution in [2.24, 2.45) is 5.92 Å². The summed E-state index contributed by atoms with van der Waals surface area (Å²) in [6.45, 7) is 7.68. The van der Waals surface area contributed by atoms with Crippen molar-refractivity contribution in [3.8, 4) is 5.75 Å². The van der Waals surface area contributed by atoms with Gasteiger partial charge in [-0.25, -0.2) is 4.98 Å². The van der Waals surface area contributed by atoms with E-state index >= 15 is 0 Å². The van der Waals surface area contributed by atoms with Crippen molar-refractivity contribution in [3.05, 3.63) is 65.0 Å². The number of aliphatic hydroxyl groups is 1. The average molecular weight is 440 g/mol. The van der Waals surface area contributed by atoms with Crippen molar-refractivity contribution < 1.29 is 29.3 Å². The Morgan fingerprint density at radius 1 is 1.25 bits per heavy atom. The predicted octanol–water partition coefficient (Wildman–Crippen LogP) is 1.41. The van der Waals surface area contributed by atoms with E-state index in [1.807, 2.05) is 39.2 Å². The molecule has 2 heterocycles. The van der Waals surface area contributed by atoms with Crippen LogP contribution in [0.15, 0.2) is 48.3 Å². The standard InChI is InChI=1S/C25H31N3O4/c1-16(2)15-32-19-8-9-20(17(3)13-19)23(29)21-22(18-7-6-10-26-14-18)28(12-11-27(4)5)25(31)24(21)30/h6-10,13-14,16,22,29H,11-12,15H2,1-5H3/p+2. The summed E-state index contributed by atoms with van der Waals surface area (Å²) in [4.78, 5) is 31.7. The summed E-state index contributed by atoms with van der Waals surface area (Å²) in [5, 5.41) is 11.2. The second kappa shape index (κ2) is 9.96. The number of nitrogens with one attached hydrogen (secondary N) is 2. The number of Topliss-reactive ketones (excluding diaryl/α,β-unsaturated/α-hetero) is 1. The zero-order chi connectivity index (χ0) is 23.4. The molecule has 32 heavy (non-hydrogen) atoms. The number of amides is 1. The Morgan fingerprint density at radius 3 is 2.59 bits per heavy atom. The van der Waals surface area contributed by atoms with E-state index in [0.29, 0.717) is 36.9 Å². The highest BCUT2D eigenvalue weighted by Crippen LogP contribution is 2.39. The van der Waals surface area contributed by atoms with E-state index < -0.39 is 17.7 Å². The number of nitrogens with zero attached hydrogens (tertiary/aromatic N) is 1. The fourth-order valence-electron chi connectivity index (χ4n) is 3.78. The molecule has 170 valence electrons. The van der Waals surface area contributed by atoms with Gasteiger partial charge >= 0.3 is 0 Å². The van der Waals surface area contributed by atoms with Gasteiger partial charge in [0.05, 0.1) is 45.4 Å². The van der Waals surface area contributed by atoms with Crippen molar-refractivity contribution in [2.75, 3.05) is 33.8 Å². The number of carbonyl (C=O) groups excluding carboxylic acids is 2. The number of likely N-dealkylation sites (tertiary alicyclic amines) is 1. The first-order chi connectivity index (χ1) is 15.2. The number of aromatic amines is 1. The molecule has 3 rings (SSSR count). The van der Waals surface area contributed by atoms with Crippen LogP contribution in [0.5, 0.6) is 5.75 Å². The maximum absolute atomic E-state index is 13.1. The van der Waals surface area contributed by atoms with Crippen LogP contribution in [-0.4, -0.2) is 55.5 Å². The summed E-state index contributed by atoms with van der Waals surface area (Å²) >= 11 is 0. The van der Waals surface area contributed by atoms with Gasteiger partial charge in [0.2, 0.25) is 0 Å². The number of likely N-dealkylation sites (N-methyl/N-ethyl adjacent to an activating group) is 1. The van der Waals surface area contributed by atoms with Gasteiger partial charge in [0.25, 0.3) is 11.7 Å². The van der Waals surface area contributed by atoms with Gasteiger partial charge in [-0.1, -0.05) is 13.8 Å². The smallest absolute Gasteiger partial charge is 0.295 e. The Balaban J connectivity index is 2.06. The topological polar surface area (TPSA) is 85.4 Å². The molecular formula is C25H33N3O4+2. The van der Waals surface area contributed by atoms with E-state index in [-0.39, 0.29) is 11.3 Å². The zero-order valence-corrected chi connectivity index (χ0v) is 19.4. The van der Waals surface area contributed by atoms with Crippen molar-refractivity contribution in [1.29, 1.82) is 0 Å². The van der Waals surface area contributed by atoms with Crippen LogP contribution in [0.25, 0.3) is 5.76 Å². The fourth-order valence-corrected chi connectivity index (χ4v) is 3.78. The minimum absolute atomic E-state index is 0.113. The minimum Gasteiger partial charge on any atom is -0.507 e. The molecule has 1 amide bonds. The number of rotatable bonds is 8. The minimum atomic E-state index is -0.662. The molecule has 1 fully saturated rings. The van der Waals surface area contributed by atoms with Crippen molar-refractivity contribution in [2.45, 2.75) is 26.8 Å². The predicted molar refractivity (Wildman–Crippen MR) is 121 cm³/mol. The number of aliphatic hydroxyl groups excluding tert-OH is 1. The van der Waals surface area contributed by atoms with E-state index in [1.54, 1.807) is 29.4 Å². The third-order valence-electron chi connectivity index (χ3n) is 5.48. The third kappa shape index (κ3) is 4.99. The summed E-state index contributed by atoms with van der Waals surface area (Å²) in [6.07, 6.45) is 3.52. The number of H-pyrrole nitrogens is 1. The number of hydrogen-bond donors (Lipinski definition) is 2. The van der Waals surface area contributed by atoms with Gasteiger partial charge in [-0.05, 0) is 42.7 Å². The molecular weight excluding hydrogens is 406 g/mol. The molecule has 2 aromatic rings. The maximum Gasteiger partial charge on any atom is 0.295 e. The monoisotopic (exact) mass is 439 g/mol. The lowest BCUT2D eigenvalue weighted by atomic mass is 9.94. The van der Waals surface area contributed by atoms with Crippen molar-refractivity contribution in [1.82, 2.24) is 4.90 Å². The molecule has 1 aromatic carbocycles. The number of pyridine rings is 1. The van der Waals surface area contributed by atoms with Crippen LogP contribution < -0.4 is 14.6 Å². The van der Waals surface area contributed by atoms with E-state index in [2.05, 4.69) is 18.8 Å². The van der Waals surface area contributed by atoms with Crippen LogP contribution in [0, 0.1) is 12.8 Å². The molecule has 1 unspecified atom stereocenters. The molecule has 1 saturated heterocycles. The highest BCUT2D eigenvalue weighted by Gasteiger charge is 2.46. The zero-order valence-electron chi connectivity index (χ0n) is 19.4. The molecule has 0 radical (unpaired) electrons. The van der Waals surface area contributed by atoms with Gasteiger partial charge in [0.15, 0.2) is 12.4 Å². The van der Waals surface area contributed by atoms with Gasteiger partial charge in [-0.2, -0.15) is 0 Å². The van der Waals surface area contributed by atoms with Gasteiger partial charge < -0.3 is 19.6 Å². The molecule has 7 nitrogen and oxygen atoms in total. The molecule has 0 bridgehead atoms. The number of carbonyl (C=O) groups is 2. The van der Waals surface area contributed by atoms with E-state index in [0.717, 1.165) is 16.0 Å².